The van der Waals surface area contributed by atoms with Gasteiger partial charge in [-0.2, -0.15) is 0 Å². The predicted octanol–water partition coefficient (Wildman–Crippen LogP) is 12.7. The monoisotopic (exact) mass is 1380 g/mol. The van der Waals surface area contributed by atoms with Gasteiger partial charge < -0.3 is 89.9 Å². The Morgan fingerprint density at radius 1 is 0.361 bits per heavy atom. The molecule has 3 rings (SSSR count). The third-order valence-electron chi connectivity index (χ3n) is 19.9. The molecule has 3 aliphatic rings. The van der Waals surface area contributed by atoms with E-state index < -0.39 is 124 Å². The van der Waals surface area contributed by atoms with E-state index in [-0.39, 0.29) is 18.9 Å². The van der Waals surface area contributed by atoms with E-state index in [0.717, 1.165) is 44.9 Å². The van der Waals surface area contributed by atoms with Gasteiger partial charge in [-0.3, -0.25) is 4.79 Å². The smallest absolute Gasteiger partial charge is 0.220 e. The Morgan fingerprint density at radius 3 is 1.03 bits per heavy atom. The average Bonchev–Trinajstić information content (AvgIpc) is 0.789. The van der Waals surface area contributed by atoms with E-state index in [9.17, 15) is 61.0 Å². The second-order valence-corrected chi connectivity index (χ2v) is 28.5. The highest BCUT2D eigenvalue weighted by Gasteiger charge is 2.53. The molecular weight excluding hydrogens is 1240 g/mol. The fourth-order valence-corrected chi connectivity index (χ4v) is 13.5. The quantitative estimate of drug-likeness (QED) is 0.0199. The highest BCUT2D eigenvalue weighted by molar-refractivity contribution is 5.76. The molecule has 0 aromatic heterocycles. The molecule has 0 aromatic rings. The lowest BCUT2D eigenvalue weighted by molar-refractivity contribution is -0.379. The second-order valence-electron chi connectivity index (χ2n) is 28.5. The van der Waals surface area contributed by atoms with Crippen molar-refractivity contribution in [2.24, 2.45) is 0 Å². The van der Waals surface area contributed by atoms with Crippen molar-refractivity contribution in [3.8, 4) is 0 Å². The largest absolute Gasteiger partial charge is 0.394 e. The molecule has 0 bridgehead atoms. The number of aliphatic hydroxyl groups is 11. The molecule has 0 aromatic carbocycles. The van der Waals surface area contributed by atoms with Gasteiger partial charge in [0.05, 0.1) is 38.6 Å². The van der Waals surface area contributed by atoms with Gasteiger partial charge in [-0.1, -0.05) is 294 Å². The van der Waals surface area contributed by atoms with Crippen molar-refractivity contribution >= 4 is 5.91 Å². The molecule has 1 amide bonds. The number of carbonyl (C=O) groups is 1. The SMILES string of the molecule is CCCCCCCCCC/C=C\CCCCCCCCCCCC(=O)NC(COC1OC(CO)C(OC2OC(CO)C(OC3OC(CO)C(O)C(O)C3O)C(O)C2O)C(O)C1O)C(O)/C=C/CC/C=C/CCCCCCCCCCCCCCCCCCCCCCCCCCC. The maximum absolute atomic E-state index is 13.4. The number of carbonyl (C=O) groups excluding carboxylic acids is 1. The lowest BCUT2D eigenvalue weighted by atomic mass is 9.96. The van der Waals surface area contributed by atoms with Gasteiger partial charge >= 0.3 is 0 Å². The summed E-state index contributed by atoms with van der Waals surface area (Å²) in [4.78, 5) is 13.4. The number of nitrogens with one attached hydrogen (secondary N) is 1. The van der Waals surface area contributed by atoms with Crippen LogP contribution in [0.2, 0.25) is 0 Å². The molecule has 3 saturated heterocycles. The zero-order chi connectivity index (χ0) is 70.4. The summed E-state index contributed by atoms with van der Waals surface area (Å²) in [6, 6.07) is -0.992. The van der Waals surface area contributed by atoms with Crippen LogP contribution in [0.25, 0.3) is 0 Å². The van der Waals surface area contributed by atoms with Crippen LogP contribution in [0.1, 0.15) is 322 Å². The van der Waals surface area contributed by atoms with E-state index in [2.05, 4.69) is 43.5 Å². The van der Waals surface area contributed by atoms with E-state index in [4.69, 9.17) is 28.4 Å². The summed E-state index contributed by atoms with van der Waals surface area (Å²) in [5, 5.41) is 121. The maximum Gasteiger partial charge on any atom is 0.220 e. The van der Waals surface area contributed by atoms with Crippen LogP contribution < -0.4 is 5.32 Å². The fourth-order valence-electron chi connectivity index (χ4n) is 13.5. The van der Waals surface area contributed by atoms with Crippen LogP contribution in [0, 0.1) is 0 Å². The van der Waals surface area contributed by atoms with Crippen LogP contribution in [0.4, 0.5) is 0 Å². The first-order chi connectivity index (χ1) is 47.3. The van der Waals surface area contributed by atoms with E-state index in [0.29, 0.717) is 12.8 Å². The highest BCUT2D eigenvalue weighted by atomic mass is 16.8. The number of allylic oxidation sites excluding steroid dienone is 5. The number of rotatable bonds is 63. The minimum atomic E-state index is -1.98. The molecule has 570 valence electrons. The van der Waals surface area contributed by atoms with Gasteiger partial charge in [0.1, 0.15) is 73.2 Å². The third kappa shape index (κ3) is 40.0. The van der Waals surface area contributed by atoms with Gasteiger partial charge in [-0.05, 0) is 57.8 Å². The van der Waals surface area contributed by atoms with Crippen molar-refractivity contribution < 1.29 is 89.4 Å². The number of aliphatic hydroxyl groups excluding tert-OH is 11. The van der Waals surface area contributed by atoms with E-state index >= 15 is 0 Å². The predicted molar refractivity (Wildman–Crippen MR) is 383 cm³/mol. The van der Waals surface area contributed by atoms with Crippen molar-refractivity contribution in [2.45, 2.75) is 426 Å². The van der Waals surface area contributed by atoms with Crippen molar-refractivity contribution in [1.29, 1.82) is 0 Å². The first kappa shape index (κ1) is 89.2. The van der Waals surface area contributed by atoms with Crippen LogP contribution in [0.15, 0.2) is 36.5 Å². The van der Waals surface area contributed by atoms with Gasteiger partial charge in [-0.25, -0.2) is 0 Å². The summed E-state index contributed by atoms with van der Waals surface area (Å²) in [5.74, 6) is -0.284. The lowest BCUT2D eigenvalue weighted by Gasteiger charge is -2.48. The molecule has 17 atom stereocenters. The summed E-state index contributed by atoms with van der Waals surface area (Å²) in [5.41, 5.74) is 0. The number of unbranched alkanes of at least 4 members (excludes halogenated alkanes) is 43. The molecule has 3 fully saturated rings. The average molecular weight is 1390 g/mol. The standard InChI is InChI=1S/C78H145NO18/c1-3-5-7-9-11-13-15-17-19-21-23-25-26-27-28-29-30-31-32-33-34-36-37-39-41-43-45-47-49-51-53-55-62(83)61(79-66(84)56-54-52-50-48-46-44-42-40-38-35-24-22-20-18-16-14-12-10-8-6-4-2)60-92-76-72(90)69(87)74(64(58-81)94-76)97-78-73(91)70(88)75(65(59-82)95-78)96-77-71(89)68(86)67(85)63(57-80)93-77/h22,24,45,47,53,55,61-65,67-78,80-83,85-91H,3-21,23,25-44,46,48-52,54,56-60H2,1-2H3,(H,79,84)/b24-22-,47-45+,55-53+. The summed E-state index contributed by atoms with van der Waals surface area (Å²) < 4.78 is 34.4. The Morgan fingerprint density at radius 2 is 0.660 bits per heavy atom. The Labute approximate surface area is 587 Å². The molecule has 19 heteroatoms. The van der Waals surface area contributed by atoms with E-state index in [1.165, 1.54) is 244 Å². The summed E-state index contributed by atoms with van der Waals surface area (Å²) in [7, 11) is 0. The van der Waals surface area contributed by atoms with Crippen LogP contribution in [0.3, 0.4) is 0 Å². The first-order valence-corrected chi connectivity index (χ1v) is 39.7. The van der Waals surface area contributed by atoms with Gasteiger partial charge in [0, 0.05) is 6.42 Å². The maximum atomic E-state index is 13.4. The number of hydrogen-bond acceptors (Lipinski definition) is 18. The molecule has 3 heterocycles. The first-order valence-electron chi connectivity index (χ1n) is 39.7. The minimum Gasteiger partial charge on any atom is -0.394 e. The van der Waals surface area contributed by atoms with Gasteiger partial charge in [0.25, 0.3) is 0 Å². The summed E-state index contributed by atoms with van der Waals surface area (Å²) in [6.45, 7) is 1.76. The molecule has 97 heavy (non-hydrogen) atoms. The molecule has 0 aliphatic carbocycles. The van der Waals surface area contributed by atoms with Crippen molar-refractivity contribution in [3.05, 3.63) is 36.5 Å². The molecule has 19 nitrogen and oxygen atoms in total. The highest BCUT2D eigenvalue weighted by Crippen LogP contribution is 2.33. The second kappa shape index (κ2) is 59.4. The van der Waals surface area contributed by atoms with Crippen LogP contribution >= 0.6 is 0 Å². The fraction of sp³-hybridized carbons (Fsp3) is 0.910. The van der Waals surface area contributed by atoms with E-state index in [1.807, 2.05) is 6.08 Å². The zero-order valence-electron chi connectivity index (χ0n) is 60.8. The third-order valence-corrected chi connectivity index (χ3v) is 19.9. The van der Waals surface area contributed by atoms with Gasteiger partial charge in [-0.15, -0.1) is 0 Å². The topological polar surface area (TPSA) is 307 Å². The van der Waals surface area contributed by atoms with Crippen LogP contribution in [-0.2, 0) is 33.2 Å². The van der Waals surface area contributed by atoms with Crippen LogP contribution in [0.5, 0.6) is 0 Å². The van der Waals surface area contributed by atoms with Gasteiger partial charge in [0.2, 0.25) is 5.91 Å². The molecule has 0 spiro atoms. The molecule has 0 saturated carbocycles. The molecule has 17 unspecified atom stereocenters. The number of amides is 1. The van der Waals surface area contributed by atoms with Crippen molar-refractivity contribution in [1.82, 2.24) is 5.32 Å². The van der Waals surface area contributed by atoms with E-state index in [1.54, 1.807) is 6.08 Å². The molecule has 0 radical (unpaired) electrons. The molecule has 12 N–H and O–H groups in total. The lowest BCUT2D eigenvalue weighted by Crippen LogP contribution is -2.66. The number of ether oxygens (including phenoxy) is 6. The Balaban J connectivity index is 1.39. The Hall–Kier alpha value is -1.99. The molecule has 3 aliphatic heterocycles. The summed E-state index contributed by atoms with van der Waals surface area (Å²) >= 11 is 0. The van der Waals surface area contributed by atoms with Crippen molar-refractivity contribution in [2.75, 3.05) is 26.4 Å². The minimum absolute atomic E-state index is 0.234. The zero-order valence-corrected chi connectivity index (χ0v) is 60.8. The Kier molecular flexibility index (Phi) is 54.6. The Bertz CT molecular complexity index is 1900. The summed E-state index contributed by atoms with van der Waals surface area (Å²) in [6.07, 6.45) is 45.7. The number of hydrogen-bond donors (Lipinski definition) is 12. The molecular formula is C78H145NO18. The normalized spacial score (nSPS) is 27.0. The van der Waals surface area contributed by atoms with Gasteiger partial charge in [0.15, 0.2) is 18.9 Å². The van der Waals surface area contributed by atoms with Crippen LogP contribution in [-0.4, -0.2) is 193 Å². The van der Waals surface area contributed by atoms with Crippen molar-refractivity contribution in [3.63, 3.8) is 0 Å².